The fraction of sp³-hybridized carbons (Fsp3) is 0.467. The molecule has 1 aromatic rings. The first-order valence-corrected chi connectivity index (χ1v) is 13.3. The average Bonchev–Trinajstić information content (AvgIpc) is 3.29. The van der Waals surface area contributed by atoms with Gasteiger partial charge in [-0.15, -0.1) is 0 Å². The number of aromatic carboxylic acids is 1. The molecule has 0 aromatic heterocycles. The van der Waals surface area contributed by atoms with Crippen LogP contribution in [0.4, 0.5) is 19.3 Å². The third-order valence-corrected chi connectivity index (χ3v) is 6.45. The molecule has 1 unspecified atom stereocenters. The maximum atomic E-state index is 14.2. The van der Waals surface area contributed by atoms with E-state index in [0.717, 1.165) is 24.1 Å². The molecule has 1 saturated heterocycles. The van der Waals surface area contributed by atoms with Gasteiger partial charge in [0.1, 0.15) is 18.6 Å². The van der Waals surface area contributed by atoms with Crippen molar-refractivity contribution in [2.75, 3.05) is 37.8 Å². The second kappa shape index (κ2) is 15.9. The van der Waals surface area contributed by atoms with E-state index in [1.54, 1.807) is 12.1 Å². The van der Waals surface area contributed by atoms with Crippen LogP contribution in [0, 0.1) is 0 Å². The number of hydrogen-bond donors (Lipinski definition) is 1. The van der Waals surface area contributed by atoms with Crippen LogP contribution in [0.5, 0.6) is 0 Å². The smallest absolute Gasteiger partial charge is 0.414 e. The van der Waals surface area contributed by atoms with Crippen LogP contribution >= 0.6 is 0 Å². The van der Waals surface area contributed by atoms with E-state index < -0.39 is 24.6 Å². The van der Waals surface area contributed by atoms with Gasteiger partial charge in [-0.2, -0.15) is 0 Å². The van der Waals surface area contributed by atoms with Crippen molar-refractivity contribution in [3.8, 4) is 0 Å². The van der Waals surface area contributed by atoms with Crippen LogP contribution in [0.2, 0.25) is 0 Å². The van der Waals surface area contributed by atoms with Crippen molar-refractivity contribution in [1.29, 1.82) is 0 Å². The summed E-state index contributed by atoms with van der Waals surface area (Å²) in [5.41, 5.74) is 2.85. The first kappa shape index (κ1) is 31.0. The van der Waals surface area contributed by atoms with Crippen LogP contribution < -0.4 is 4.90 Å². The Bertz CT molecular complexity index is 1060. The first-order valence-electron chi connectivity index (χ1n) is 13.3. The predicted octanol–water partition coefficient (Wildman–Crippen LogP) is 7.25. The van der Waals surface area contributed by atoms with Crippen molar-refractivity contribution in [2.24, 2.45) is 0 Å². The molecular formula is C30H40F2N2O4. The van der Waals surface area contributed by atoms with Crippen molar-refractivity contribution < 1.29 is 28.2 Å². The monoisotopic (exact) mass is 530 g/mol. The number of allylic oxidation sites excluding steroid dienone is 6. The maximum Gasteiger partial charge on any atom is 0.414 e. The summed E-state index contributed by atoms with van der Waals surface area (Å²) in [5.74, 6) is -1.45. The number of ether oxygens (including phenoxy) is 1. The number of benzene rings is 1. The molecule has 38 heavy (non-hydrogen) atoms. The Kier molecular flexibility index (Phi) is 12.9. The molecule has 0 radical (unpaired) electrons. The number of alkyl halides is 1. The van der Waals surface area contributed by atoms with Gasteiger partial charge in [-0.05, 0) is 85.4 Å². The number of carboxylic acids is 1. The molecule has 6 nitrogen and oxygen atoms in total. The number of hydrogen-bond acceptors (Lipinski definition) is 4. The van der Waals surface area contributed by atoms with E-state index in [0.29, 0.717) is 50.2 Å². The molecule has 0 bridgehead atoms. The Labute approximate surface area is 225 Å². The molecule has 1 N–H and O–H groups in total. The van der Waals surface area contributed by atoms with Gasteiger partial charge in [-0.1, -0.05) is 39.8 Å². The molecule has 0 spiro atoms. The van der Waals surface area contributed by atoms with E-state index in [4.69, 9.17) is 9.84 Å². The molecule has 1 fully saturated rings. The fourth-order valence-electron chi connectivity index (χ4n) is 4.38. The minimum absolute atomic E-state index is 0.152. The highest BCUT2D eigenvalue weighted by atomic mass is 19.1. The number of cyclic esters (lactones) is 1. The molecule has 8 heteroatoms. The van der Waals surface area contributed by atoms with E-state index in [1.165, 1.54) is 29.2 Å². The summed E-state index contributed by atoms with van der Waals surface area (Å²) in [6.45, 7) is 9.44. The Hall–Kier alpha value is -3.26. The number of halogens is 2. The summed E-state index contributed by atoms with van der Waals surface area (Å²) in [7, 11) is 0. The molecule has 208 valence electrons. The van der Waals surface area contributed by atoms with Crippen LogP contribution in [-0.2, 0) is 4.74 Å². The third-order valence-electron chi connectivity index (χ3n) is 6.45. The van der Waals surface area contributed by atoms with Gasteiger partial charge in [0, 0.05) is 18.8 Å². The minimum Gasteiger partial charge on any atom is -0.478 e. The van der Waals surface area contributed by atoms with E-state index in [1.807, 2.05) is 39.8 Å². The normalized spacial score (nSPS) is 17.4. The summed E-state index contributed by atoms with van der Waals surface area (Å²) in [4.78, 5) is 27.3. The Morgan fingerprint density at radius 1 is 1.18 bits per heavy atom. The molecule has 1 aromatic carbocycles. The van der Waals surface area contributed by atoms with Gasteiger partial charge in [-0.3, -0.25) is 9.80 Å². The van der Waals surface area contributed by atoms with Crippen LogP contribution in [0.25, 0.3) is 0 Å². The largest absolute Gasteiger partial charge is 0.478 e. The standard InChI is InChI=1S/C30H40F2N2O4/c1-5-9-11-23(28(7-3)24(19-31)18-25(32)10-6-2)20-33(8-4)17-16-27-21-34(30(37)38-27)26-14-12-22(13-15-26)29(35)36/h9-15,18,27H,5-8,16-17,19-21H2,1-4H3,(H,35,36)/b11-9-,24-18+,25-10+,28-23-. The van der Waals surface area contributed by atoms with Crippen molar-refractivity contribution in [3.63, 3.8) is 0 Å². The summed E-state index contributed by atoms with van der Waals surface area (Å²) in [5, 5.41) is 9.09. The van der Waals surface area contributed by atoms with E-state index in [2.05, 4.69) is 4.90 Å². The fourth-order valence-corrected chi connectivity index (χ4v) is 4.38. The second-order valence-electron chi connectivity index (χ2n) is 9.09. The number of amides is 1. The lowest BCUT2D eigenvalue weighted by molar-refractivity contribution is 0.0696. The number of carbonyl (C=O) groups is 2. The summed E-state index contributed by atoms with van der Waals surface area (Å²) < 4.78 is 33.8. The molecule has 1 aliphatic rings. The summed E-state index contributed by atoms with van der Waals surface area (Å²) in [6.07, 6.45) is 8.55. The highest BCUT2D eigenvalue weighted by Crippen LogP contribution is 2.26. The molecule has 0 aliphatic carbocycles. The molecule has 1 heterocycles. The number of rotatable bonds is 15. The lowest BCUT2D eigenvalue weighted by atomic mass is 9.96. The molecule has 1 aliphatic heterocycles. The SMILES string of the molecule is CC\C=C/C(CN(CC)CCC1CN(c2ccc(C(=O)O)cc2)C(=O)O1)=C(CC)/C(=C/C(F)=C\CC)CF. The van der Waals surface area contributed by atoms with Crippen molar-refractivity contribution >= 4 is 17.7 Å². The van der Waals surface area contributed by atoms with Crippen molar-refractivity contribution in [2.45, 2.75) is 59.5 Å². The Balaban J connectivity index is 2.15. The maximum absolute atomic E-state index is 14.2. The van der Waals surface area contributed by atoms with Gasteiger partial charge < -0.3 is 9.84 Å². The highest BCUT2D eigenvalue weighted by Gasteiger charge is 2.32. The molecule has 2 rings (SSSR count). The third kappa shape index (κ3) is 8.94. The van der Waals surface area contributed by atoms with Crippen LogP contribution in [-0.4, -0.2) is 61.0 Å². The van der Waals surface area contributed by atoms with Gasteiger partial charge in [-0.25, -0.2) is 18.4 Å². The van der Waals surface area contributed by atoms with Crippen LogP contribution in [0.1, 0.15) is 63.7 Å². The van der Waals surface area contributed by atoms with E-state index >= 15 is 0 Å². The Morgan fingerprint density at radius 3 is 2.45 bits per heavy atom. The predicted molar refractivity (Wildman–Crippen MR) is 148 cm³/mol. The number of carboxylic acid groups (broad SMARTS) is 1. The van der Waals surface area contributed by atoms with Gasteiger partial charge >= 0.3 is 12.1 Å². The van der Waals surface area contributed by atoms with E-state index in [9.17, 15) is 18.4 Å². The summed E-state index contributed by atoms with van der Waals surface area (Å²) in [6, 6.07) is 6.13. The Morgan fingerprint density at radius 2 is 1.89 bits per heavy atom. The van der Waals surface area contributed by atoms with Crippen molar-refractivity contribution in [3.05, 3.63) is 76.7 Å². The number of anilines is 1. The highest BCUT2D eigenvalue weighted by molar-refractivity contribution is 5.92. The van der Waals surface area contributed by atoms with Gasteiger partial charge in [0.05, 0.1) is 12.1 Å². The van der Waals surface area contributed by atoms with Crippen LogP contribution in [0.15, 0.2) is 71.1 Å². The molecule has 0 saturated carbocycles. The molecular weight excluding hydrogens is 490 g/mol. The number of carbonyl (C=O) groups excluding carboxylic acids is 1. The molecule has 1 amide bonds. The zero-order valence-corrected chi connectivity index (χ0v) is 22.9. The molecule has 1 atom stereocenters. The quantitative estimate of drug-likeness (QED) is 0.242. The number of likely N-dealkylation sites (N-methyl/N-ethyl adjacent to an activating group) is 1. The topological polar surface area (TPSA) is 70.1 Å². The number of nitrogens with zero attached hydrogens (tertiary/aromatic N) is 2. The van der Waals surface area contributed by atoms with E-state index in [-0.39, 0.29) is 11.7 Å². The van der Waals surface area contributed by atoms with Gasteiger partial charge in [0.2, 0.25) is 0 Å². The zero-order valence-electron chi connectivity index (χ0n) is 22.9. The summed E-state index contributed by atoms with van der Waals surface area (Å²) >= 11 is 0. The lowest BCUT2D eigenvalue weighted by Gasteiger charge is -2.24. The zero-order chi connectivity index (χ0) is 28.1. The first-order chi connectivity index (χ1) is 18.3. The van der Waals surface area contributed by atoms with Gasteiger partial charge in [0.15, 0.2) is 0 Å². The van der Waals surface area contributed by atoms with Crippen LogP contribution in [0.3, 0.4) is 0 Å². The van der Waals surface area contributed by atoms with Crippen molar-refractivity contribution in [1.82, 2.24) is 4.90 Å². The minimum atomic E-state index is -1.02. The van der Waals surface area contributed by atoms with Gasteiger partial charge in [0.25, 0.3) is 0 Å². The lowest BCUT2D eigenvalue weighted by Crippen LogP contribution is -2.31. The second-order valence-corrected chi connectivity index (χ2v) is 9.09. The average molecular weight is 531 g/mol.